The molecular formula is C16H27N3O3S. The average Bonchev–Trinajstić information content (AvgIpc) is 3.07. The number of nitrogens with zero attached hydrogens (tertiary/aromatic N) is 3. The van der Waals surface area contributed by atoms with E-state index in [1.165, 1.54) is 10.6 Å². The van der Waals surface area contributed by atoms with E-state index >= 15 is 0 Å². The van der Waals surface area contributed by atoms with Gasteiger partial charge in [0.1, 0.15) is 11.4 Å². The third-order valence-corrected chi connectivity index (χ3v) is 6.74. The van der Waals surface area contributed by atoms with Crippen molar-refractivity contribution < 1.29 is 13.2 Å². The van der Waals surface area contributed by atoms with Crippen LogP contribution < -0.4 is 0 Å². The molecule has 2 aliphatic heterocycles. The Balaban J connectivity index is 1.91. The van der Waals surface area contributed by atoms with E-state index < -0.39 is 15.6 Å². The summed E-state index contributed by atoms with van der Waals surface area (Å²) in [5, 5.41) is 0. The number of amides is 1. The minimum atomic E-state index is -3.20. The second-order valence-electron chi connectivity index (χ2n) is 7.60. The average molecular weight is 341 g/mol. The number of aliphatic imine (C=N–C) groups is 1. The van der Waals surface area contributed by atoms with Crippen molar-refractivity contribution in [2.75, 3.05) is 25.9 Å². The van der Waals surface area contributed by atoms with E-state index in [1.54, 1.807) is 0 Å². The van der Waals surface area contributed by atoms with Crippen LogP contribution in [-0.4, -0.2) is 60.8 Å². The highest BCUT2D eigenvalue weighted by Gasteiger charge is 2.61. The fourth-order valence-electron chi connectivity index (χ4n) is 4.44. The lowest BCUT2D eigenvalue weighted by atomic mass is 9.85. The first-order chi connectivity index (χ1) is 10.7. The fourth-order valence-corrected chi connectivity index (χ4v) is 5.34. The Kier molecular flexibility index (Phi) is 4.08. The highest BCUT2D eigenvalue weighted by atomic mass is 32.2. The number of hydrogen-bond acceptors (Lipinski definition) is 4. The predicted octanol–water partition coefficient (Wildman–Crippen LogP) is 1.33. The molecule has 3 atom stereocenters. The summed E-state index contributed by atoms with van der Waals surface area (Å²) in [6, 6.07) is 0. The summed E-state index contributed by atoms with van der Waals surface area (Å²) in [6.45, 7) is 7.90. The van der Waals surface area contributed by atoms with Gasteiger partial charge in [-0.25, -0.2) is 12.7 Å². The van der Waals surface area contributed by atoms with Crippen LogP contribution in [-0.2, 0) is 14.8 Å². The zero-order valence-corrected chi connectivity index (χ0v) is 15.3. The number of carbonyl (C=O) groups is 1. The van der Waals surface area contributed by atoms with Crippen molar-refractivity contribution in [1.82, 2.24) is 9.21 Å². The van der Waals surface area contributed by atoms with Crippen molar-refractivity contribution in [2.45, 2.75) is 45.6 Å². The van der Waals surface area contributed by atoms with Crippen molar-refractivity contribution in [3.8, 4) is 0 Å². The molecule has 0 unspecified atom stereocenters. The third-order valence-electron chi connectivity index (χ3n) is 5.51. The van der Waals surface area contributed by atoms with Crippen molar-refractivity contribution in [3.05, 3.63) is 0 Å². The minimum Gasteiger partial charge on any atom is -0.298 e. The summed E-state index contributed by atoms with van der Waals surface area (Å²) in [6.07, 6.45) is 3.64. The first-order valence-corrected chi connectivity index (χ1v) is 10.4. The van der Waals surface area contributed by atoms with Gasteiger partial charge in [-0.15, -0.1) is 0 Å². The van der Waals surface area contributed by atoms with Crippen molar-refractivity contribution in [3.63, 3.8) is 0 Å². The van der Waals surface area contributed by atoms with Crippen LogP contribution in [0.3, 0.4) is 0 Å². The van der Waals surface area contributed by atoms with Gasteiger partial charge in [0, 0.05) is 32.0 Å². The Morgan fingerprint density at radius 1 is 1.35 bits per heavy atom. The van der Waals surface area contributed by atoms with Gasteiger partial charge in [0.25, 0.3) is 5.91 Å². The lowest BCUT2D eigenvalue weighted by Crippen LogP contribution is -2.47. The Labute approximate surface area is 139 Å². The van der Waals surface area contributed by atoms with E-state index in [1.807, 2.05) is 11.8 Å². The fraction of sp³-hybridized carbons (Fsp3) is 0.875. The minimum absolute atomic E-state index is 0.0310. The number of sulfonamides is 1. The quantitative estimate of drug-likeness (QED) is 0.775. The maximum Gasteiger partial charge on any atom is 0.256 e. The van der Waals surface area contributed by atoms with Crippen molar-refractivity contribution >= 4 is 21.8 Å². The van der Waals surface area contributed by atoms with Crippen molar-refractivity contribution in [2.24, 2.45) is 22.7 Å². The molecule has 1 saturated heterocycles. The predicted molar refractivity (Wildman–Crippen MR) is 89.6 cm³/mol. The number of carbonyl (C=O) groups excluding carboxylic acids is 1. The Morgan fingerprint density at radius 2 is 2.04 bits per heavy atom. The molecule has 0 N–H and O–H groups in total. The first-order valence-electron chi connectivity index (χ1n) is 8.55. The first kappa shape index (κ1) is 16.9. The van der Waals surface area contributed by atoms with E-state index in [0.29, 0.717) is 25.6 Å². The van der Waals surface area contributed by atoms with E-state index in [-0.39, 0.29) is 17.7 Å². The maximum atomic E-state index is 13.2. The zero-order valence-electron chi connectivity index (χ0n) is 14.4. The molecule has 0 aromatic heterocycles. The SMILES string of the molecule is CCC1=N[C@]2(CC[C@H]3CN(S(C)(=O)=O)C[C@H]32)C(=O)N1CC(C)C. The largest absolute Gasteiger partial charge is 0.298 e. The van der Waals surface area contributed by atoms with Gasteiger partial charge in [-0.2, -0.15) is 0 Å². The molecule has 23 heavy (non-hydrogen) atoms. The smallest absolute Gasteiger partial charge is 0.256 e. The summed E-state index contributed by atoms with van der Waals surface area (Å²) in [5.74, 6) is 1.66. The Hall–Kier alpha value is -0.950. The van der Waals surface area contributed by atoms with E-state index in [9.17, 15) is 13.2 Å². The summed E-state index contributed by atoms with van der Waals surface area (Å²) >= 11 is 0. The Bertz CT molecular complexity index is 643. The highest BCUT2D eigenvalue weighted by Crippen LogP contribution is 2.50. The topological polar surface area (TPSA) is 70.0 Å². The summed E-state index contributed by atoms with van der Waals surface area (Å²) in [4.78, 5) is 19.9. The molecule has 0 aromatic rings. The standard InChI is InChI=1S/C16H27N3O3S/c1-5-14-17-16(15(20)19(14)8-11(2)3)7-6-12-9-18(10-13(12)16)23(4,21)22/h11-13H,5-10H2,1-4H3/t12-,13+,16-/m0/s1. The van der Waals surface area contributed by atoms with Crippen molar-refractivity contribution in [1.29, 1.82) is 0 Å². The van der Waals surface area contributed by atoms with Crippen LogP contribution in [0.4, 0.5) is 0 Å². The summed E-state index contributed by atoms with van der Waals surface area (Å²) in [7, 11) is -3.20. The second kappa shape index (κ2) is 5.55. The molecule has 0 bridgehead atoms. The van der Waals surface area contributed by atoms with E-state index in [2.05, 4.69) is 13.8 Å². The lowest BCUT2D eigenvalue weighted by molar-refractivity contribution is -0.132. The van der Waals surface area contributed by atoms with Gasteiger partial charge in [0.2, 0.25) is 10.0 Å². The van der Waals surface area contributed by atoms with Gasteiger partial charge < -0.3 is 0 Å². The molecule has 1 spiro atoms. The van der Waals surface area contributed by atoms with Gasteiger partial charge >= 0.3 is 0 Å². The van der Waals surface area contributed by atoms with Gasteiger partial charge in [0.05, 0.1) is 6.26 Å². The van der Waals surface area contributed by atoms with Crippen LogP contribution in [0.5, 0.6) is 0 Å². The molecule has 3 rings (SSSR count). The molecule has 1 saturated carbocycles. The maximum absolute atomic E-state index is 13.2. The number of amidine groups is 1. The van der Waals surface area contributed by atoms with Crippen LogP contribution in [0.2, 0.25) is 0 Å². The molecular weight excluding hydrogens is 314 g/mol. The zero-order chi connectivity index (χ0) is 17.0. The molecule has 130 valence electrons. The third kappa shape index (κ3) is 2.61. The van der Waals surface area contributed by atoms with Crippen LogP contribution in [0, 0.1) is 17.8 Å². The number of hydrogen-bond donors (Lipinski definition) is 0. The molecule has 6 nitrogen and oxygen atoms in total. The highest BCUT2D eigenvalue weighted by molar-refractivity contribution is 7.88. The van der Waals surface area contributed by atoms with Gasteiger partial charge in [-0.1, -0.05) is 20.8 Å². The van der Waals surface area contributed by atoms with Gasteiger partial charge in [-0.05, 0) is 24.7 Å². The lowest BCUT2D eigenvalue weighted by Gasteiger charge is -2.28. The van der Waals surface area contributed by atoms with Gasteiger partial charge in [-0.3, -0.25) is 14.7 Å². The van der Waals surface area contributed by atoms with Crippen LogP contribution in [0.25, 0.3) is 0 Å². The molecule has 7 heteroatoms. The Morgan fingerprint density at radius 3 is 2.61 bits per heavy atom. The molecule has 0 radical (unpaired) electrons. The number of rotatable bonds is 4. The monoisotopic (exact) mass is 341 g/mol. The van der Waals surface area contributed by atoms with E-state index in [0.717, 1.165) is 25.1 Å². The molecule has 2 heterocycles. The summed E-state index contributed by atoms with van der Waals surface area (Å²) in [5.41, 5.74) is -0.704. The second-order valence-corrected chi connectivity index (χ2v) is 9.58. The molecule has 3 aliphatic rings. The summed E-state index contributed by atoms with van der Waals surface area (Å²) < 4.78 is 25.3. The normalized spacial score (nSPS) is 34.7. The van der Waals surface area contributed by atoms with E-state index in [4.69, 9.17) is 4.99 Å². The van der Waals surface area contributed by atoms with Crippen LogP contribution >= 0.6 is 0 Å². The molecule has 2 fully saturated rings. The molecule has 1 amide bonds. The van der Waals surface area contributed by atoms with Crippen LogP contribution in [0.15, 0.2) is 4.99 Å². The number of fused-ring (bicyclic) bond motifs is 2. The van der Waals surface area contributed by atoms with Gasteiger partial charge in [0.15, 0.2) is 0 Å². The molecule has 0 aromatic carbocycles. The van der Waals surface area contributed by atoms with Crippen LogP contribution in [0.1, 0.15) is 40.0 Å². The molecule has 1 aliphatic carbocycles.